The summed E-state index contributed by atoms with van der Waals surface area (Å²) in [5, 5.41) is 11.4. The zero-order chi connectivity index (χ0) is 23.0. The number of carbonyl (C=O) groups excluding carboxylic acids is 3. The first-order chi connectivity index (χ1) is 15.3. The molecule has 0 bridgehead atoms. The number of rotatable bonds is 4. The van der Waals surface area contributed by atoms with Crippen LogP contribution in [0.1, 0.15) is 27.7 Å². The molecule has 1 unspecified atom stereocenters. The largest absolute Gasteiger partial charge is 0.507 e. The maximum absolute atomic E-state index is 13.0. The Balaban J connectivity index is 1.87. The van der Waals surface area contributed by atoms with Crippen LogP contribution in [0, 0.1) is 0 Å². The lowest BCUT2D eigenvalue weighted by molar-refractivity contribution is -0.132. The maximum atomic E-state index is 13.0. The molecule has 2 heterocycles. The monoisotopic (exact) mass is 471 g/mol. The fourth-order valence-corrected chi connectivity index (χ4v) is 3.79. The molecular formula is C23H15Cl2NO6. The van der Waals surface area contributed by atoms with Crippen LogP contribution in [0.3, 0.4) is 0 Å². The molecule has 1 atom stereocenters. The van der Waals surface area contributed by atoms with Gasteiger partial charge in [0.05, 0.1) is 34.6 Å². The summed E-state index contributed by atoms with van der Waals surface area (Å²) in [6.07, 6.45) is 1.40. The molecule has 3 aromatic rings. The topological polar surface area (TPSA) is 97.0 Å². The molecule has 1 aliphatic heterocycles. The minimum atomic E-state index is -1.04. The Kier molecular flexibility index (Phi) is 5.78. The Hall–Kier alpha value is -3.55. The third-order valence-corrected chi connectivity index (χ3v) is 5.76. The van der Waals surface area contributed by atoms with E-state index in [4.69, 9.17) is 27.6 Å². The second-order valence-corrected chi connectivity index (χ2v) is 7.67. The Labute approximate surface area is 192 Å². The SMILES string of the molecule is COC(=O)c1ccc(N2C(=O)C(=O)/C(=C(\O)c3ccc(Cl)c(Cl)c3)C2c2ccco2)cc1. The van der Waals surface area contributed by atoms with Gasteiger partial charge in [-0.2, -0.15) is 0 Å². The predicted molar refractivity (Wildman–Crippen MR) is 118 cm³/mol. The lowest BCUT2D eigenvalue weighted by atomic mass is 9.99. The van der Waals surface area contributed by atoms with E-state index in [1.807, 2.05) is 0 Å². The number of methoxy groups -OCH3 is 1. The molecule has 1 aliphatic rings. The van der Waals surface area contributed by atoms with Crippen LogP contribution in [0.4, 0.5) is 5.69 Å². The number of furan rings is 1. The van der Waals surface area contributed by atoms with E-state index in [0.29, 0.717) is 5.69 Å². The molecule has 7 nitrogen and oxygen atoms in total. The molecule has 0 spiro atoms. The molecule has 0 radical (unpaired) electrons. The van der Waals surface area contributed by atoms with Crippen molar-refractivity contribution >= 4 is 52.3 Å². The quantitative estimate of drug-likeness (QED) is 0.249. The van der Waals surface area contributed by atoms with Gasteiger partial charge in [-0.05, 0) is 54.6 Å². The third-order valence-electron chi connectivity index (χ3n) is 5.02. The summed E-state index contributed by atoms with van der Waals surface area (Å²) in [6, 6.07) is 12.5. The molecule has 1 aromatic heterocycles. The van der Waals surface area contributed by atoms with Crippen molar-refractivity contribution in [2.75, 3.05) is 12.0 Å². The highest BCUT2D eigenvalue weighted by Gasteiger charge is 2.48. The average molecular weight is 472 g/mol. The van der Waals surface area contributed by atoms with Crippen molar-refractivity contribution in [3.63, 3.8) is 0 Å². The van der Waals surface area contributed by atoms with Gasteiger partial charge < -0.3 is 14.3 Å². The third kappa shape index (κ3) is 3.66. The minimum absolute atomic E-state index is 0.166. The molecule has 32 heavy (non-hydrogen) atoms. The Morgan fingerprint density at radius 1 is 1.03 bits per heavy atom. The zero-order valence-electron chi connectivity index (χ0n) is 16.5. The van der Waals surface area contributed by atoms with E-state index >= 15 is 0 Å². The summed E-state index contributed by atoms with van der Waals surface area (Å²) < 4.78 is 10.2. The van der Waals surface area contributed by atoms with E-state index in [0.717, 1.165) is 0 Å². The molecule has 162 valence electrons. The van der Waals surface area contributed by atoms with Gasteiger partial charge in [0.2, 0.25) is 0 Å². The molecule has 1 N–H and O–H groups in total. The van der Waals surface area contributed by atoms with Crippen LogP contribution in [-0.2, 0) is 14.3 Å². The molecule has 1 amide bonds. The van der Waals surface area contributed by atoms with Crippen molar-refractivity contribution in [3.8, 4) is 0 Å². The summed E-state index contributed by atoms with van der Waals surface area (Å²) in [7, 11) is 1.26. The van der Waals surface area contributed by atoms with Crippen LogP contribution >= 0.6 is 23.2 Å². The van der Waals surface area contributed by atoms with Crippen molar-refractivity contribution in [1.29, 1.82) is 0 Å². The summed E-state index contributed by atoms with van der Waals surface area (Å²) in [5.41, 5.74) is 0.655. The Morgan fingerprint density at radius 2 is 1.72 bits per heavy atom. The first kappa shape index (κ1) is 21.7. The van der Waals surface area contributed by atoms with E-state index in [-0.39, 0.29) is 32.5 Å². The molecule has 1 fully saturated rings. The Morgan fingerprint density at radius 3 is 2.31 bits per heavy atom. The van der Waals surface area contributed by atoms with Gasteiger partial charge in [0.1, 0.15) is 17.6 Å². The highest BCUT2D eigenvalue weighted by molar-refractivity contribution is 6.51. The Bertz CT molecular complexity index is 1250. The van der Waals surface area contributed by atoms with Gasteiger partial charge in [-0.3, -0.25) is 14.5 Å². The second-order valence-electron chi connectivity index (χ2n) is 6.85. The van der Waals surface area contributed by atoms with Crippen LogP contribution in [-0.4, -0.2) is 29.9 Å². The summed E-state index contributed by atoms with van der Waals surface area (Å²) in [6.45, 7) is 0. The molecule has 4 rings (SSSR count). The van der Waals surface area contributed by atoms with Gasteiger partial charge in [-0.1, -0.05) is 23.2 Å². The second kappa shape index (κ2) is 8.53. The van der Waals surface area contributed by atoms with E-state index < -0.39 is 29.5 Å². The number of hydrogen-bond donors (Lipinski definition) is 1. The number of anilines is 1. The van der Waals surface area contributed by atoms with Crippen molar-refractivity contribution in [3.05, 3.63) is 93.4 Å². The van der Waals surface area contributed by atoms with Gasteiger partial charge in [-0.15, -0.1) is 0 Å². The molecule has 0 aliphatic carbocycles. The summed E-state index contributed by atoms with van der Waals surface area (Å²) in [4.78, 5) is 38.9. The van der Waals surface area contributed by atoms with Gasteiger partial charge in [0.25, 0.3) is 11.7 Å². The normalized spacial score (nSPS) is 17.6. The fraction of sp³-hybridized carbons (Fsp3) is 0.0870. The number of Topliss-reactive ketones (excluding diaryl/α,β-unsaturated/α-hetero) is 1. The van der Waals surface area contributed by atoms with Crippen LogP contribution in [0.2, 0.25) is 10.0 Å². The number of hydrogen-bond acceptors (Lipinski definition) is 6. The number of halogens is 2. The number of nitrogens with zero attached hydrogens (tertiary/aromatic N) is 1. The maximum Gasteiger partial charge on any atom is 0.337 e. The number of amides is 1. The number of aliphatic hydroxyl groups excluding tert-OH is 1. The van der Waals surface area contributed by atoms with Crippen LogP contribution < -0.4 is 4.90 Å². The minimum Gasteiger partial charge on any atom is -0.507 e. The number of ether oxygens (including phenoxy) is 1. The van der Waals surface area contributed by atoms with Gasteiger partial charge in [-0.25, -0.2) is 4.79 Å². The lowest BCUT2D eigenvalue weighted by Crippen LogP contribution is -2.29. The number of esters is 1. The highest BCUT2D eigenvalue weighted by Crippen LogP contribution is 2.42. The number of ketones is 1. The molecular weight excluding hydrogens is 457 g/mol. The first-order valence-corrected chi connectivity index (χ1v) is 10.1. The van der Waals surface area contributed by atoms with Crippen molar-refractivity contribution in [2.24, 2.45) is 0 Å². The van der Waals surface area contributed by atoms with Crippen LogP contribution in [0.15, 0.2) is 70.9 Å². The first-order valence-electron chi connectivity index (χ1n) is 9.31. The number of benzene rings is 2. The van der Waals surface area contributed by atoms with Crippen molar-refractivity contribution in [2.45, 2.75) is 6.04 Å². The fourth-order valence-electron chi connectivity index (χ4n) is 3.49. The van der Waals surface area contributed by atoms with E-state index in [1.54, 1.807) is 12.1 Å². The number of aliphatic hydroxyl groups is 1. The highest BCUT2D eigenvalue weighted by atomic mass is 35.5. The average Bonchev–Trinajstić information content (AvgIpc) is 3.42. The summed E-state index contributed by atoms with van der Waals surface area (Å²) >= 11 is 12.0. The van der Waals surface area contributed by atoms with E-state index in [9.17, 15) is 19.5 Å². The van der Waals surface area contributed by atoms with Crippen molar-refractivity contribution < 1.29 is 28.6 Å². The van der Waals surface area contributed by atoms with Crippen molar-refractivity contribution in [1.82, 2.24) is 0 Å². The van der Waals surface area contributed by atoms with E-state index in [1.165, 1.54) is 60.7 Å². The van der Waals surface area contributed by atoms with Gasteiger partial charge >= 0.3 is 5.97 Å². The molecule has 1 saturated heterocycles. The van der Waals surface area contributed by atoms with Crippen LogP contribution in [0.5, 0.6) is 0 Å². The standard InChI is InChI=1S/C23H15Cl2NO6/c1-31-23(30)12-4-7-14(8-5-12)26-19(17-3-2-10-32-17)18(21(28)22(26)29)20(27)13-6-9-15(24)16(25)11-13/h2-11,19,27H,1H3/b20-18-. The van der Waals surface area contributed by atoms with Gasteiger partial charge in [0, 0.05) is 11.3 Å². The predicted octanol–water partition coefficient (Wildman–Crippen LogP) is 5.00. The summed E-state index contributed by atoms with van der Waals surface area (Å²) in [5.74, 6) is -2.45. The number of carbonyl (C=O) groups is 3. The van der Waals surface area contributed by atoms with Gasteiger partial charge in [0.15, 0.2) is 0 Å². The molecule has 0 saturated carbocycles. The van der Waals surface area contributed by atoms with E-state index in [2.05, 4.69) is 4.74 Å². The van der Waals surface area contributed by atoms with Crippen LogP contribution in [0.25, 0.3) is 5.76 Å². The molecule has 2 aromatic carbocycles. The zero-order valence-corrected chi connectivity index (χ0v) is 18.1. The smallest absolute Gasteiger partial charge is 0.337 e. The lowest BCUT2D eigenvalue weighted by Gasteiger charge is -2.23. The molecule has 9 heteroatoms.